The second-order valence-corrected chi connectivity index (χ2v) is 9.64. The molecule has 0 radical (unpaired) electrons. The Balaban J connectivity index is 1.66. The quantitative estimate of drug-likeness (QED) is 0.546. The molecule has 0 aliphatic heterocycles. The summed E-state index contributed by atoms with van der Waals surface area (Å²) in [6.45, 7) is 0.204. The van der Waals surface area contributed by atoms with Gasteiger partial charge in [0.05, 0.1) is 4.90 Å². The largest absolute Gasteiger partial charge is 0.511 e. The van der Waals surface area contributed by atoms with Crippen LogP contribution in [0.4, 0.5) is 9.18 Å². The zero-order valence-electron chi connectivity index (χ0n) is 16.5. The number of hydrogen-bond acceptors (Lipinski definition) is 4. The van der Waals surface area contributed by atoms with Gasteiger partial charge >= 0.3 is 6.16 Å². The van der Waals surface area contributed by atoms with E-state index in [4.69, 9.17) is 9.84 Å². The average molecular weight is 434 g/mol. The minimum atomic E-state index is -3.77. The lowest BCUT2D eigenvalue weighted by Crippen LogP contribution is -2.31. The van der Waals surface area contributed by atoms with Crippen LogP contribution in [-0.4, -0.2) is 26.2 Å². The van der Waals surface area contributed by atoms with Crippen molar-refractivity contribution in [3.63, 3.8) is 0 Å². The third kappa shape index (κ3) is 4.20. The van der Waals surface area contributed by atoms with Gasteiger partial charge in [0.15, 0.2) is 0 Å². The predicted molar refractivity (Wildman–Crippen MR) is 109 cm³/mol. The van der Waals surface area contributed by atoms with E-state index in [2.05, 4.69) is 4.72 Å². The van der Waals surface area contributed by atoms with Crippen LogP contribution in [0.5, 0.6) is 5.75 Å². The molecule has 2 aliphatic rings. The second-order valence-electron chi connectivity index (χ2n) is 7.87. The summed E-state index contributed by atoms with van der Waals surface area (Å²) >= 11 is 0. The van der Waals surface area contributed by atoms with E-state index >= 15 is 0 Å². The van der Waals surface area contributed by atoms with E-state index in [1.54, 1.807) is 0 Å². The summed E-state index contributed by atoms with van der Waals surface area (Å²) in [6, 6.07) is 6.58. The van der Waals surface area contributed by atoms with Crippen LogP contribution in [0, 0.1) is 5.82 Å². The Kier molecular flexibility index (Phi) is 5.79. The van der Waals surface area contributed by atoms with Crippen molar-refractivity contribution in [1.82, 2.24) is 4.72 Å². The molecular formula is C22H24FNO5S. The molecule has 2 aromatic rings. The van der Waals surface area contributed by atoms with Gasteiger partial charge in [-0.3, -0.25) is 0 Å². The van der Waals surface area contributed by atoms with Crippen molar-refractivity contribution in [1.29, 1.82) is 0 Å². The fraction of sp³-hybridized carbons (Fsp3) is 0.409. The van der Waals surface area contributed by atoms with Crippen molar-refractivity contribution in [3.05, 3.63) is 58.4 Å². The molecule has 4 rings (SSSR count). The molecule has 0 spiro atoms. The summed E-state index contributed by atoms with van der Waals surface area (Å²) in [4.78, 5) is 11.2. The zero-order chi connectivity index (χ0) is 21.3. The first-order valence-corrected chi connectivity index (χ1v) is 11.7. The lowest BCUT2D eigenvalue weighted by atomic mass is 9.75. The molecule has 2 aromatic carbocycles. The van der Waals surface area contributed by atoms with Crippen LogP contribution in [0.1, 0.15) is 53.9 Å². The number of nitrogens with one attached hydrogen (secondary N) is 1. The predicted octanol–water partition coefficient (Wildman–Crippen LogP) is 4.16. The highest BCUT2D eigenvalue weighted by atomic mass is 32.2. The molecule has 0 bridgehead atoms. The first-order valence-electron chi connectivity index (χ1n) is 10.2. The van der Waals surface area contributed by atoms with Gasteiger partial charge in [0, 0.05) is 6.54 Å². The normalized spacial score (nSPS) is 18.4. The number of fused-ring (bicyclic) bond motifs is 3. The van der Waals surface area contributed by atoms with Crippen molar-refractivity contribution < 1.29 is 27.4 Å². The molecule has 0 saturated heterocycles. The maximum atomic E-state index is 13.1. The molecule has 1 atom stereocenters. The Morgan fingerprint density at radius 2 is 1.80 bits per heavy atom. The highest BCUT2D eigenvalue weighted by Crippen LogP contribution is 2.43. The molecule has 0 aromatic heterocycles. The number of ether oxygens (including phenoxy) is 1. The van der Waals surface area contributed by atoms with Gasteiger partial charge in [-0.25, -0.2) is 22.3 Å². The van der Waals surface area contributed by atoms with Crippen LogP contribution in [0.15, 0.2) is 35.2 Å². The van der Waals surface area contributed by atoms with Gasteiger partial charge in [0.1, 0.15) is 11.6 Å². The number of sulfonamides is 1. The Bertz CT molecular complexity index is 1070. The first-order chi connectivity index (χ1) is 14.3. The van der Waals surface area contributed by atoms with Crippen LogP contribution < -0.4 is 9.46 Å². The van der Waals surface area contributed by atoms with Crippen molar-refractivity contribution in [3.8, 4) is 5.75 Å². The Labute approximate surface area is 175 Å². The van der Waals surface area contributed by atoms with Gasteiger partial charge in [-0.2, -0.15) is 0 Å². The third-order valence-corrected chi connectivity index (χ3v) is 7.43. The summed E-state index contributed by atoms with van der Waals surface area (Å²) in [5.41, 5.74) is 4.26. The average Bonchev–Trinajstić information content (AvgIpc) is 2.72. The smallest absolute Gasteiger partial charge is 0.449 e. The molecule has 6 nitrogen and oxygen atoms in total. The third-order valence-electron chi connectivity index (χ3n) is 5.99. The van der Waals surface area contributed by atoms with E-state index in [0.717, 1.165) is 67.3 Å². The highest BCUT2D eigenvalue weighted by Gasteiger charge is 2.30. The molecule has 0 amide bonds. The minimum absolute atomic E-state index is 0.0184. The maximum absolute atomic E-state index is 13.1. The number of rotatable bonds is 5. The Hall–Kier alpha value is -2.45. The molecule has 8 heteroatoms. The Morgan fingerprint density at radius 1 is 1.10 bits per heavy atom. The first kappa shape index (κ1) is 20.8. The standard InChI is InChI=1S/C22H24FNO5S/c23-16-8-10-17(11-9-16)30(27,28)24-13-15-5-3-7-19-20(29-22(25)26)12-14-4-1-2-6-18(14)21(15)19/h8-12,15,24H,1-7,13H2,(H,25,26). The molecule has 0 saturated carbocycles. The summed E-state index contributed by atoms with van der Waals surface area (Å²) in [7, 11) is -3.77. The van der Waals surface area contributed by atoms with Crippen molar-refractivity contribution in [2.45, 2.75) is 55.8 Å². The van der Waals surface area contributed by atoms with Crippen LogP contribution in [0.2, 0.25) is 0 Å². The molecule has 1 unspecified atom stereocenters. The van der Waals surface area contributed by atoms with Crippen molar-refractivity contribution >= 4 is 16.2 Å². The van der Waals surface area contributed by atoms with Gasteiger partial charge < -0.3 is 9.84 Å². The monoisotopic (exact) mass is 433 g/mol. The molecule has 2 N–H and O–H groups in total. The number of benzene rings is 2. The SMILES string of the molecule is O=C(O)Oc1cc2c(c3c1CCCC3CNS(=O)(=O)c1ccc(F)cc1)CCCC2. The number of carbonyl (C=O) groups is 1. The number of halogens is 1. The number of aryl methyl sites for hydroxylation is 1. The number of hydrogen-bond donors (Lipinski definition) is 2. The van der Waals surface area contributed by atoms with Crippen molar-refractivity contribution in [2.24, 2.45) is 0 Å². The lowest BCUT2D eigenvalue weighted by Gasteiger charge is -2.32. The topological polar surface area (TPSA) is 92.7 Å². The summed E-state index contributed by atoms with van der Waals surface area (Å²) in [6.07, 6.45) is 4.89. The highest BCUT2D eigenvalue weighted by molar-refractivity contribution is 7.89. The van der Waals surface area contributed by atoms with E-state index < -0.39 is 22.0 Å². The van der Waals surface area contributed by atoms with E-state index in [-0.39, 0.29) is 17.4 Å². The Morgan fingerprint density at radius 3 is 2.53 bits per heavy atom. The van der Waals surface area contributed by atoms with E-state index in [0.29, 0.717) is 12.2 Å². The van der Waals surface area contributed by atoms with E-state index in [9.17, 15) is 17.6 Å². The van der Waals surface area contributed by atoms with Gasteiger partial charge in [-0.15, -0.1) is 0 Å². The summed E-state index contributed by atoms with van der Waals surface area (Å²) in [5, 5.41) is 9.15. The van der Waals surface area contributed by atoms with Crippen LogP contribution in [-0.2, 0) is 29.3 Å². The summed E-state index contributed by atoms with van der Waals surface area (Å²) < 4.78 is 46.2. The number of carboxylic acid groups (broad SMARTS) is 1. The molecule has 2 aliphatic carbocycles. The summed E-state index contributed by atoms with van der Waals surface area (Å²) in [5.74, 6) is -0.176. The van der Waals surface area contributed by atoms with Gasteiger partial charge in [-0.05, 0) is 103 Å². The van der Waals surface area contributed by atoms with Crippen LogP contribution in [0.25, 0.3) is 0 Å². The second kappa shape index (κ2) is 8.35. The fourth-order valence-electron chi connectivity index (χ4n) is 4.67. The van der Waals surface area contributed by atoms with Gasteiger partial charge in [-0.1, -0.05) is 0 Å². The van der Waals surface area contributed by atoms with E-state index in [1.807, 2.05) is 6.07 Å². The van der Waals surface area contributed by atoms with Crippen LogP contribution >= 0.6 is 0 Å². The molecule has 30 heavy (non-hydrogen) atoms. The molecule has 160 valence electrons. The van der Waals surface area contributed by atoms with Crippen LogP contribution in [0.3, 0.4) is 0 Å². The van der Waals surface area contributed by atoms with Crippen molar-refractivity contribution in [2.75, 3.05) is 6.54 Å². The molecule has 0 heterocycles. The maximum Gasteiger partial charge on any atom is 0.511 e. The fourth-order valence-corrected chi connectivity index (χ4v) is 5.75. The van der Waals surface area contributed by atoms with Gasteiger partial charge in [0.25, 0.3) is 0 Å². The lowest BCUT2D eigenvalue weighted by molar-refractivity contribution is 0.143. The minimum Gasteiger partial charge on any atom is -0.449 e. The van der Waals surface area contributed by atoms with Gasteiger partial charge in [0.2, 0.25) is 10.0 Å². The zero-order valence-corrected chi connectivity index (χ0v) is 17.3. The van der Waals surface area contributed by atoms with E-state index in [1.165, 1.54) is 17.7 Å². The molecule has 0 fully saturated rings. The molecular weight excluding hydrogens is 409 g/mol.